The van der Waals surface area contributed by atoms with E-state index in [2.05, 4.69) is 5.32 Å². The largest absolute Gasteiger partial charge is 0.495 e. The van der Waals surface area contributed by atoms with Crippen LogP contribution in [-0.4, -0.2) is 32.3 Å². The Morgan fingerprint density at radius 2 is 1.72 bits per heavy atom. The van der Waals surface area contributed by atoms with Crippen LogP contribution in [0.15, 0.2) is 71.6 Å². The van der Waals surface area contributed by atoms with E-state index in [9.17, 15) is 13.2 Å². The number of hydrogen-bond donors (Lipinski definition) is 1. The number of nitrogens with zero attached hydrogens (tertiary/aromatic N) is 1. The number of benzene rings is 3. The Morgan fingerprint density at radius 3 is 2.38 bits per heavy atom. The molecule has 168 valence electrons. The Bertz CT molecular complexity index is 1220. The van der Waals surface area contributed by atoms with E-state index in [0.717, 1.165) is 9.87 Å². The topological polar surface area (TPSA) is 75.7 Å². The van der Waals surface area contributed by atoms with Gasteiger partial charge >= 0.3 is 0 Å². The summed E-state index contributed by atoms with van der Waals surface area (Å²) in [5.74, 6) is -0.135. The SMILES string of the molecule is COc1ccc(S(=O)(=O)N(CC(=O)Nc2cccc(Cl)c2C)Cc2ccccc2)cc1Cl. The highest BCUT2D eigenvalue weighted by Gasteiger charge is 2.28. The third kappa shape index (κ3) is 5.61. The van der Waals surface area contributed by atoms with Gasteiger partial charge in [0.05, 0.1) is 23.6 Å². The van der Waals surface area contributed by atoms with Crippen LogP contribution in [-0.2, 0) is 21.4 Å². The molecule has 1 N–H and O–H groups in total. The van der Waals surface area contributed by atoms with Crippen LogP contribution in [0.25, 0.3) is 0 Å². The lowest BCUT2D eigenvalue weighted by atomic mass is 10.2. The number of carbonyl (C=O) groups excluding carboxylic acids is 1. The molecule has 3 aromatic rings. The fourth-order valence-corrected chi connectivity index (χ4v) is 4.97. The fourth-order valence-electron chi connectivity index (χ4n) is 3.06. The highest BCUT2D eigenvalue weighted by molar-refractivity contribution is 7.89. The summed E-state index contributed by atoms with van der Waals surface area (Å²) in [4.78, 5) is 12.8. The molecule has 0 unspecified atom stereocenters. The van der Waals surface area contributed by atoms with Crippen LogP contribution in [0.5, 0.6) is 5.75 Å². The minimum atomic E-state index is -4.05. The normalized spacial score (nSPS) is 11.4. The molecular formula is C23H22Cl2N2O4S. The highest BCUT2D eigenvalue weighted by atomic mass is 35.5. The molecule has 0 aromatic heterocycles. The predicted octanol–water partition coefficient (Wildman–Crippen LogP) is 5.14. The van der Waals surface area contributed by atoms with Crippen molar-refractivity contribution in [3.63, 3.8) is 0 Å². The van der Waals surface area contributed by atoms with E-state index in [4.69, 9.17) is 27.9 Å². The first-order valence-electron chi connectivity index (χ1n) is 9.65. The van der Waals surface area contributed by atoms with Crippen LogP contribution in [0.1, 0.15) is 11.1 Å². The minimum absolute atomic E-state index is 0.00870. The van der Waals surface area contributed by atoms with Crippen LogP contribution in [0.2, 0.25) is 10.0 Å². The number of amides is 1. The second-order valence-corrected chi connectivity index (χ2v) is 9.77. The zero-order valence-corrected chi connectivity index (χ0v) is 19.8. The van der Waals surface area contributed by atoms with E-state index < -0.39 is 22.5 Å². The van der Waals surface area contributed by atoms with Crippen LogP contribution in [0.4, 0.5) is 5.69 Å². The molecule has 0 saturated carbocycles. The Labute approximate surface area is 197 Å². The van der Waals surface area contributed by atoms with Crippen molar-refractivity contribution in [1.29, 1.82) is 0 Å². The summed E-state index contributed by atoms with van der Waals surface area (Å²) >= 11 is 12.3. The molecule has 0 atom stereocenters. The third-order valence-corrected chi connectivity index (χ3v) is 7.32. The number of sulfonamides is 1. The van der Waals surface area contributed by atoms with Gasteiger partial charge in [0.1, 0.15) is 5.75 Å². The summed E-state index contributed by atoms with van der Waals surface area (Å²) < 4.78 is 33.1. The first kappa shape index (κ1) is 24.1. The standard InChI is InChI=1S/C23H22Cl2N2O4S/c1-16-19(24)9-6-10-21(16)26-23(28)15-27(14-17-7-4-3-5-8-17)32(29,30)18-11-12-22(31-2)20(25)13-18/h3-13H,14-15H2,1-2H3,(H,26,28). The maximum atomic E-state index is 13.4. The van der Waals surface area contributed by atoms with Gasteiger partial charge in [0.15, 0.2) is 0 Å². The van der Waals surface area contributed by atoms with Gasteiger partial charge in [0.2, 0.25) is 15.9 Å². The van der Waals surface area contributed by atoms with Crippen LogP contribution < -0.4 is 10.1 Å². The number of methoxy groups -OCH3 is 1. The number of anilines is 1. The fraction of sp³-hybridized carbons (Fsp3) is 0.174. The van der Waals surface area contributed by atoms with Crippen LogP contribution in [0.3, 0.4) is 0 Å². The van der Waals surface area contributed by atoms with Gasteiger partial charge in [0.25, 0.3) is 0 Å². The van der Waals surface area contributed by atoms with E-state index in [1.54, 1.807) is 49.4 Å². The molecule has 0 spiro atoms. The quantitative estimate of drug-likeness (QED) is 0.472. The van der Waals surface area contributed by atoms with Crippen molar-refractivity contribution in [1.82, 2.24) is 4.31 Å². The molecule has 32 heavy (non-hydrogen) atoms. The molecule has 9 heteroatoms. The molecule has 3 rings (SSSR count). The first-order chi connectivity index (χ1) is 15.2. The second-order valence-electron chi connectivity index (χ2n) is 7.02. The maximum Gasteiger partial charge on any atom is 0.243 e. The van der Waals surface area contributed by atoms with Gasteiger partial charge in [-0.25, -0.2) is 8.42 Å². The Hall–Kier alpha value is -2.58. The molecule has 6 nitrogen and oxygen atoms in total. The molecule has 0 heterocycles. The lowest BCUT2D eigenvalue weighted by molar-refractivity contribution is -0.116. The maximum absolute atomic E-state index is 13.4. The van der Waals surface area contributed by atoms with Gasteiger partial charge in [-0.05, 0) is 48.4 Å². The van der Waals surface area contributed by atoms with Crippen molar-refractivity contribution >= 4 is 44.8 Å². The Balaban J connectivity index is 1.91. The van der Waals surface area contributed by atoms with E-state index in [0.29, 0.717) is 22.0 Å². The third-order valence-electron chi connectivity index (χ3n) is 4.82. The van der Waals surface area contributed by atoms with Crippen molar-refractivity contribution in [3.05, 3.63) is 87.9 Å². The number of rotatable bonds is 8. The lowest BCUT2D eigenvalue weighted by Crippen LogP contribution is -2.37. The Kier molecular flexibility index (Phi) is 7.79. The molecule has 3 aromatic carbocycles. The zero-order chi connectivity index (χ0) is 23.3. The molecule has 0 aliphatic rings. The van der Waals surface area contributed by atoms with Crippen LogP contribution >= 0.6 is 23.2 Å². The number of ether oxygens (including phenoxy) is 1. The number of halogens is 2. The zero-order valence-electron chi connectivity index (χ0n) is 17.5. The molecular weight excluding hydrogens is 471 g/mol. The van der Waals surface area contributed by atoms with Gasteiger partial charge in [-0.1, -0.05) is 59.6 Å². The minimum Gasteiger partial charge on any atom is -0.495 e. The lowest BCUT2D eigenvalue weighted by Gasteiger charge is -2.22. The summed E-state index contributed by atoms with van der Waals surface area (Å²) in [6, 6.07) is 18.4. The van der Waals surface area contributed by atoms with Crippen molar-refractivity contribution in [2.45, 2.75) is 18.4 Å². The van der Waals surface area contributed by atoms with Gasteiger partial charge < -0.3 is 10.1 Å². The molecule has 0 radical (unpaired) electrons. The van der Waals surface area contributed by atoms with E-state index in [1.807, 2.05) is 6.07 Å². The van der Waals surface area contributed by atoms with Gasteiger partial charge in [-0.3, -0.25) is 4.79 Å². The molecule has 0 aliphatic carbocycles. The highest BCUT2D eigenvalue weighted by Crippen LogP contribution is 2.29. The number of nitrogens with one attached hydrogen (secondary N) is 1. The molecule has 0 bridgehead atoms. The molecule has 0 aliphatic heterocycles. The van der Waals surface area contributed by atoms with E-state index >= 15 is 0 Å². The summed E-state index contributed by atoms with van der Waals surface area (Å²) in [5.41, 5.74) is 1.95. The van der Waals surface area contributed by atoms with E-state index in [-0.39, 0.29) is 16.5 Å². The van der Waals surface area contributed by atoms with E-state index in [1.165, 1.54) is 25.3 Å². The first-order valence-corrected chi connectivity index (χ1v) is 11.8. The average molecular weight is 493 g/mol. The summed E-state index contributed by atoms with van der Waals surface area (Å²) in [6.45, 7) is 1.39. The smallest absolute Gasteiger partial charge is 0.243 e. The molecule has 0 fully saturated rings. The molecule has 0 saturated heterocycles. The summed E-state index contributed by atoms with van der Waals surface area (Å²) in [6.07, 6.45) is 0. The van der Waals surface area contributed by atoms with Gasteiger partial charge in [-0.2, -0.15) is 4.31 Å². The van der Waals surface area contributed by atoms with Gasteiger partial charge in [0, 0.05) is 17.3 Å². The summed E-state index contributed by atoms with van der Waals surface area (Å²) in [7, 11) is -2.60. The number of carbonyl (C=O) groups is 1. The summed E-state index contributed by atoms with van der Waals surface area (Å²) in [5, 5.41) is 3.41. The van der Waals surface area contributed by atoms with Crippen LogP contribution in [0, 0.1) is 6.92 Å². The predicted molar refractivity (Wildman–Crippen MR) is 127 cm³/mol. The van der Waals surface area contributed by atoms with Crippen molar-refractivity contribution in [2.75, 3.05) is 19.0 Å². The Morgan fingerprint density at radius 1 is 1.00 bits per heavy atom. The molecule has 1 amide bonds. The van der Waals surface area contributed by atoms with Crippen molar-refractivity contribution in [2.24, 2.45) is 0 Å². The number of hydrogen-bond acceptors (Lipinski definition) is 4. The van der Waals surface area contributed by atoms with Crippen molar-refractivity contribution in [3.8, 4) is 5.75 Å². The monoisotopic (exact) mass is 492 g/mol. The average Bonchev–Trinajstić information content (AvgIpc) is 2.77. The van der Waals surface area contributed by atoms with Crippen molar-refractivity contribution < 1.29 is 17.9 Å². The van der Waals surface area contributed by atoms with Gasteiger partial charge in [-0.15, -0.1) is 0 Å². The second kappa shape index (κ2) is 10.4.